The number of alkyl halides is 3. The summed E-state index contributed by atoms with van der Waals surface area (Å²) in [5.74, 6) is -0.283. The average molecular weight is 465 g/mol. The number of hydrogen-bond donors (Lipinski definition) is 0. The number of halogens is 4. The average Bonchev–Trinajstić information content (AvgIpc) is 3.20. The highest BCUT2D eigenvalue weighted by molar-refractivity contribution is 9.11. The molecule has 0 atom stereocenters. The molecule has 26 heavy (non-hydrogen) atoms. The lowest BCUT2D eigenvalue weighted by Crippen LogP contribution is -2.05. The summed E-state index contributed by atoms with van der Waals surface area (Å²) in [6.45, 7) is -0.239. The van der Waals surface area contributed by atoms with Gasteiger partial charge < -0.3 is 9.15 Å². The fraction of sp³-hybridized carbons (Fsp3) is 0.133. The van der Waals surface area contributed by atoms with E-state index in [9.17, 15) is 18.0 Å². The highest BCUT2D eigenvalue weighted by Crippen LogP contribution is 2.36. The van der Waals surface area contributed by atoms with Gasteiger partial charge in [0.15, 0.2) is 6.61 Å². The van der Waals surface area contributed by atoms with Gasteiger partial charge >= 0.3 is 11.5 Å². The van der Waals surface area contributed by atoms with Gasteiger partial charge in [-0.3, -0.25) is 0 Å². The van der Waals surface area contributed by atoms with E-state index in [2.05, 4.69) is 26.1 Å². The molecule has 0 saturated carbocycles. The number of rotatable bonds is 5. The second-order valence-corrected chi connectivity index (χ2v) is 8.35. The van der Waals surface area contributed by atoms with Gasteiger partial charge in [-0.15, -0.1) is 21.5 Å². The molecule has 0 aliphatic rings. The Balaban J connectivity index is 1.58. The highest BCUT2D eigenvalue weighted by atomic mass is 79.9. The molecular formula is C15H8BrF3N2O3S2. The molecule has 3 rings (SSSR count). The van der Waals surface area contributed by atoms with E-state index >= 15 is 0 Å². The first-order chi connectivity index (χ1) is 12.3. The molecule has 1 aromatic carbocycles. The van der Waals surface area contributed by atoms with Gasteiger partial charge in [0.1, 0.15) is 0 Å². The van der Waals surface area contributed by atoms with Crippen LogP contribution in [0.5, 0.6) is 0 Å². The Hall–Kier alpha value is -1.85. The van der Waals surface area contributed by atoms with Crippen molar-refractivity contribution >= 4 is 45.0 Å². The summed E-state index contributed by atoms with van der Waals surface area (Å²) in [6, 6.07) is 8.57. The van der Waals surface area contributed by atoms with Crippen LogP contribution in [0, 0.1) is 0 Å². The number of nitrogens with zero attached hydrogens (tertiary/aromatic N) is 2. The number of hydrogen-bond acceptors (Lipinski definition) is 7. The summed E-state index contributed by atoms with van der Waals surface area (Å²) in [5, 5.41) is 7.66. The number of esters is 1. The lowest BCUT2D eigenvalue weighted by atomic mass is 10.2. The summed E-state index contributed by atoms with van der Waals surface area (Å²) in [5.41, 5.74) is -4.26. The first-order valence-electron chi connectivity index (χ1n) is 6.91. The summed E-state index contributed by atoms with van der Waals surface area (Å²) >= 11 is 4.49. The minimum absolute atomic E-state index is 0.0160. The molecule has 0 bridgehead atoms. The number of carbonyl (C=O) groups is 1. The van der Waals surface area contributed by atoms with E-state index in [4.69, 9.17) is 9.15 Å². The van der Waals surface area contributed by atoms with Gasteiger partial charge in [0, 0.05) is 4.90 Å². The van der Waals surface area contributed by atoms with Crippen molar-refractivity contribution in [3.63, 3.8) is 0 Å². The van der Waals surface area contributed by atoms with Crippen molar-refractivity contribution in [1.82, 2.24) is 10.2 Å². The molecule has 2 heterocycles. The summed E-state index contributed by atoms with van der Waals surface area (Å²) in [7, 11) is 0. The predicted molar refractivity (Wildman–Crippen MR) is 92.8 cm³/mol. The normalized spacial score (nSPS) is 11.5. The van der Waals surface area contributed by atoms with Gasteiger partial charge in [0.2, 0.25) is 0 Å². The third-order valence-corrected chi connectivity index (χ3v) is 5.25. The van der Waals surface area contributed by atoms with Crippen molar-refractivity contribution < 1.29 is 27.1 Å². The number of carbonyl (C=O) groups excluding carboxylic acids is 1. The monoisotopic (exact) mass is 464 g/mol. The largest absolute Gasteiger partial charge is 0.452 e. The van der Waals surface area contributed by atoms with Crippen molar-refractivity contribution in [3.05, 3.63) is 51.6 Å². The third kappa shape index (κ3) is 5.08. The van der Waals surface area contributed by atoms with E-state index in [0.29, 0.717) is 5.89 Å². The molecule has 11 heteroatoms. The number of benzene rings is 1. The lowest BCUT2D eigenvalue weighted by Gasteiger charge is -2.06. The van der Waals surface area contributed by atoms with Gasteiger partial charge in [-0.25, -0.2) is 4.79 Å². The Labute approximate surface area is 161 Å². The van der Waals surface area contributed by atoms with Crippen LogP contribution >= 0.6 is 39.0 Å². The zero-order chi connectivity index (χ0) is 18.7. The molecular weight excluding hydrogens is 457 g/mol. The Morgan fingerprint density at radius 1 is 1.19 bits per heavy atom. The molecule has 0 aliphatic heterocycles. The van der Waals surface area contributed by atoms with E-state index in [1.807, 2.05) is 6.07 Å². The van der Waals surface area contributed by atoms with E-state index < -0.39 is 11.5 Å². The van der Waals surface area contributed by atoms with E-state index in [0.717, 1.165) is 8.66 Å². The number of aromatic nitrogens is 2. The summed E-state index contributed by atoms with van der Waals surface area (Å²) in [6.07, 6.45) is 0. The maximum Gasteiger partial charge on any atom is 0.446 e. The molecule has 0 amide bonds. The van der Waals surface area contributed by atoms with E-state index in [1.54, 1.807) is 6.07 Å². The lowest BCUT2D eigenvalue weighted by molar-refractivity contribution is -0.0328. The second-order valence-electron chi connectivity index (χ2n) is 4.75. The quantitative estimate of drug-likeness (QED) is 0.365. The molecule has 0 radical (unpaired) electrons. The Bertz CT molecular complexity index is 910. The Morgan fingerprint density at radius 2 is 1.92 bits per heavy atom. The smallest absolute Gasteiger partial charge is 0.446 e. The van der Waals surface area contributed by atoms with Crippen LogP contribution in [0.15, 0.2) is 49.5 Å². The maximum atomic E-state index is 12.3. The molecule has 2 aromatic heterocycles. The number of thiophene rings is 1. The molecule has 0 spiro atoms. The van der Waals surface area contributed by atoms with Gasteiger partial charge in [-0.1, -0.05) is 0 Å². The summed E-state index contributed by atoms with van der Waals surface area (Å²) < 4.78 is 48.2. The Morgan fingerprint density at radius 3 is 2.54 bits per heavy atom. The first kappa shape index (κ1) is 18.9. The highest BCUT2D eigenvalue weighted by Gasteiger charge is 2.29. The molecule has 0 aliphatic carbocycles. The zero-order valence-electron chi connectivity index (χ0n) is 12.6. The van der Waals surface area contributed by atoms with Crippen molar-refractivity contribution in [2.24, 2.45) is 0 Å². The van der Waals surface area contributed by atoms with Crippen LogP contribution in [0.25, 0.3) is 10.8 Å². The molecule has 0 saturated heterocycles. The molecule has 5 nitrogen and oxygen atoms in total. The van der Waals surface area contributed by atoms with Crippen molar-refractivity contribution in [1.29, 1.82) is 0 Å². The fourth-order valence-electron chi connectivity index (χ4n) is 1.84. The van der Waals surface area contributed by atoms with Gasteiger partial charge in [-0.2, -0.15) is 13.2 Å². The minimum atomic E-state index is -4.38. The molecule has 3 aromatic rings. The van der Waals surface area contributed by atoms with Crippen LogP contribution in [0.2, 0.25) is 0 Å². The van der Waals surface area contributed by atoms with Crippen LogP contribution in [-0.4, -0.2) is 21.7 Å². The van der Waals surface area contributed by atoms with E-state index in [-0.39, 0.29) is 34.7 Å². The van der Waals surface area contributed by atoms with Crippen LogP contribution in [0.1, 0.15) is 16.2 Å². The third-order valence-electron chi connectivity index (χ3n) is 2.90. The topological polar surface area (TPSA) is 65.2 Å². The van der Waals surface area contributed by atoms with Gasteiger partial charge in [0.05, 0.1) is 14.2 Å². The Kier molecular flexibility index (Phi) is 5.68. The SMILES string of the molecule is O=C(OCc1nnc(-c2ccc(Br)s2)o1)c1ccc(SC(F)(F)F)cc1. The van der Waals surface area contributed by atoms with Crippen molar-refractivity contribution in [3.8, 4) is 10.8 Å². The zero-order valence-corrected chi connectivity index (χ0v) is 15.8. The van der Waals surface area contributed by atoms with Gasteiger partial charge in [-0.05, 0) is 64.1 Å². The van der Waals surface area contributed by atoms with Crippen LogP contribution in [0.4, 0.5) is 13.2 Å². The first-order valence-corrected chi connectivity index (χ1v) is 9.34. The van der Waals surface area contributed by atoms with Crippen LogP contribution in [-0.2, 0) is 11.3 Å². The number of ether oxygens (including phenoxy) is 1. The molecule has 0 N–H and O–H groups in total. The maximum absolute atomic E-state index is 12.3. The minimum Gasteiger partial charge on any atom is -0.452 e. The molecule has 0 unspecified atom stereocenters. The molecule has 136 valence electrons. The van der Waals surface area contributed by atoms with Crippen LogP contribution in [0.3, 0.4) is 0 Å². The fourth-order valence-corrected chi connectivity index (χ4v) is 3.69. The van der Waals surface area contributed by atoms with Crippen molar-refractivity contribution in [2.45, 2.75) is 17.0 Å². The van der Waals surface area contributed by atoms with E-state index in [1.165, 1.54) is 35.6 Å². The second kappa shape index (κ2) is 7.80. The number of thioether (sulfide) groups is 1. The summed E-state index contributed by atoms with van der Waals surface area (Å²) in [4.78, 5) is 12.7. The van der Waals surface area contributed by atoms with Crippen LogP contribution < -0.4 is 0 Å². The van der Waals surface area contributed by atoms with Gasteiger partial charge in [0.25, 0.3) is 11.8 Å². The van der Waals surface area contributed by atoms with Crippen molar-refractivity contribution in [2.75, 3.05) is 0 Å². The standard InChI is InChI=1S/C15H8BrF3N2O3S2/c16-11-6-5-10(25-11)13-21-20-12(24-13)7-23-14(22)8-1-3-9(4-2-8)26-15(17,18)19/h1-6H,7H2. The predicted octanol–water partition coefficient (Wildman–Crippen LogP) is 5.53. The molecule has 0 fully saturated rings.